The Bertz CT molecular complexity index is 1070. The molecule has 2 aromatic rings. The Balaban J connectivity index is 1.56. The van der Waals surface area contributed by atoms with Gasteiger partial charge in [0.2, 0.25) is 0 Å². The van der Waals surface area contributed by atoms with Crippen molar-refractivity contribution < 1.29 is 14.1 Å². The average Bonchev–Trinajstić information content (AvgIpc) is 3.27. The van der Waals surface area contributed by atoms with Crippen LogP contribution in [0.15, 0.2) is 21.5 Å². The van der Waals surface area contributed by atoms with E-state index < -0.39 is 5.91 Å². The molecule has 1 N–H and O–H groups in total. The number of hydrogen-bond acceptors (Lipinski definition) is 5. The molecule has 8 heteroatoms. The first kappa shape index (κ1) is 22.6. The van der Waals surface area contributed by atoms with Crippen molar-refractivity contribution in [3.8, 4) is 0 Å². The summed E-state index contributed by atoms with van der Waals surface area (Å²) in [5, 5.41) is 6.82. The fourth-order valence-electron chi connectivity index (χ4n) is 4.81. The summed E-state index contributed by atoms with van der Waals surface area (Å²) < 4.78 is 15.3. The van der Waals surface area contributed by atoms with E-state index in [2.05, 4.69) is 30.4 Å². The van der Waals surface area contributed by atoms with E-state index in [0.29, 0.717) is 22.9 Å². The zero-order chi connectivity index (χ0) is 23.0. The van der Waals surface area contributed by atoms with Crippen LogP contribution in [-0.2, 0) is 11.8 Å². The molecule has 0 spiro atoms. The molecule has 2 atom stereocenters. The lowest BCUT2D eigenvalue weighted by Crippen LogP contribution is -2.29. The first-order valence-corrected chi connectivity index (χ1v) is 11.7. The Hall–Kier alpha value is -2.61. The fourth-order valence-corrected chi connectivity index (χ4v) is 4.81. The van der Waals surface area contributed by atoms with Gasteiger partial charge in [-0.1, -0.05) is 50.4 Å². The summed E-state index contributed by atoms with van der Waals surface area (Å²) in [6, 6.07) is 0.176. The average molecular weight is 443 g/mol. The third kappa shape index (κ3) is 4.08. The number of carbonyl (C=O) groups excluding carboxylic acids is 1. The van der Waals surface area contributed by atoms with Crippen molar-refractivity contribution in [3.63, 3.8) is 0 Å². The maximum absolute atomic E-state index is 13.2. The molecule has 0 bridgehead atoms. The lowest BCUT2D eigenvalue weighted by atomic mass is 9.96. The number of aromatic nitrogens is 3. The van der Waals surface area contributed by atoms with Crippen LogP contribution in [0.4, 0.5) is 5.69 Å². The van der Waals surface area contributed by atoms with E-state index in [1.165, 1.54) is 6.42 Å². The molecule has 1 aliphatic heterocycles. The molecule has 1 saturated carbocycles. The van der Waals surface area contributed by atoms with Crippen molar-refractivity contribution in [2.45, 2.75) is 84.5 Å². The van der Waals surface area contributed by atoms with Crippen LogP contribution in [0, 0.1) is 19.8 Å². The third-order valence-corrected chi connectivity index (χ3v) is 6.93. The maximum Gasteiger partial charge on any atom is 0.291 e. The Morgan fingerprint density at radius 3 is 2.62 bits per heavy atom. The number of nitrogens with one attached hydrogen (secondary N) is 1. The highest BCUT2D eigenvalue weighted by Gasteiger charge is 2.30. The second-order valence-corrected chi connectivity index (χ2v) is 9.40. The molecule has 0 aromatic carbocycles. The van der Waals surface area contributed by atoms with E-state index >= 15 is 0 Å². The molecule has 174 valence electrons. The van der Waals surface area contributed by atoms with Crippen LogP contribution in [0.25, 0.3) is 0 Å². The van der Waals surface area contributed by atoms with E-state index in [4.69, 9.17) is 9.26 Å². The summed E-state index contributed by atoms with van der Waals surface area (Å²) in [6.07, 6.45) is 10.0. The molecule has 0 saturated heterocycles. The van der Waals surface area contributed by atoms with Crippen LogP contribution in [-0.4, -0.2) is 26.5 Å². The van der Waals surface area contributed by atoms with E-state index in [0.717, 1.165) is 37.8 Å². The van der Waals surface area contributed by atoms with Gasteiger partial charge in [0, 0.05) is 12.6 Å². The minimum atomic E-state index is -0.445. The van der Waals surface area contributed by atoms with Gasteiger partial charge >= 0.3 is 0 Å². The van der Waals surface area contributed by atoms with Gasteiger partial charge in [0.15, 0.2) is 11.5 Å². The summed E-state index contributed by atoms with van der Waals surface area (Å²) in [7, 11) is 1.87. The van der Waals surface area contributed by atoms with E-state index in [9.17, 15) is 9.59 Å². The number of hydrogen-bond donors (Lipinski definition) is 1. The molecule has 0 radical (unpaired) electrons. The molecule has 2 aliphatic rings. The summed E-state index contributed by atoms with van der Waals surface area (Å²) in [5.74, 6) is 0.460. The lowest BCUT2D eigenvalue weighted by Gasteiger charge is -2.27. The van der Waals surface area contributed by atoms with Gasteiger partial charge in [0.05, 0.1) is 17.8 Å². The van der Waals surface area contributed by atoms with E-state index in [1.807, 2.05) is 24.7 Å². The monoisotopic (exact) mass is 442 g/mol. The Morgan fingerprint density at radius 1 is 1.22 bits per heavy atom. The van der Waals surface area contributed by atoms with Crippen LogP contribution >= 0.6 is 0 Å². The molecule has 2 aromatic heterocycles. The van der Waals surface area contributed by atoms with E-state index in [1.54, 1.807) is 11.6 Å². The van der Waals surface area contributed by atoms with Crippen molar-refractivity contribution >= 4 is 11.6 Å². The summed E-state index contributed by atoms with van der Waals surface area (Å²) in [6.45, 7) is 7.89. The van der Waals surface area contributed by atoms with Crippen LogP contribution < -0.4 is 10.9 Å². The first-order chi connectivity index (χ1) is 15.3. The van der Waals surface area contributed by atoms with Crippen molar-refractivity contribution in [2.24, 2.45) is 13.0 Å². The first-order valence-electron chi connectivity index (χ1n) is 11.7. The number of rotatable bonds is 5. The number of carbonyl (C=O) groups is 1. The van der Waals surface area contributed by atoms with Crippen molar-refractivity contribution in [2.75, 3.05) is 5.32 Å². The standard InChI is InChI=1S/C24H34N4O4/c1-14(2)18-12-9-13-19(31-18)22-15(3)20(26-32-22)23(29)25-21-16(4)27(5)28(24(21)30)17-10-7-6-8-11-17/h9,13-14,17-19H,6-8,10-12H2,1-5H3,(H,25,29)/t18?,19-/m1/s1. The minimum absolute atomic E-state index is 0.0944. The second-order valence-electron chi connectivity index (χ2n) is 9.40. The molecule has 1 unspecified atom stereocenters. The molecule has 1 amide bonds. The van der Waals surface area contributed by atoms with Crippen molar-refractivity contribution in [3.05, 3.63) is 45.2 Å². The molecule has 3 heterocycles. The number of ether oxygens (including phenoxy) is 1. The van der Waals surface area contributed by atoms with Gasteiger partial charge in [0.25, 0.3) is 11.5 Å². The quantitative estimate of drug-likeness (QED) is 0.684. The summed E-state index contributed by atoms with van der Waals surface area (Å²) in [5.41, 5.74) is 1.68. The smallest absolute Gasteiger partial charge is 0.291 e. The van der Waals surface area contributed by atoms with Gasteiger partial charge < -0.3 is 14.6 Å². The molecule has 8 nitrogen and oxygen atoms in total. The largest absolute Gasteiger partial charge is 0.362 e. The highest BCUT2D eigenvalue weighted by molar-refractivity contribution is 6.04. The zero-order valence-corrected chi connectivity index (χ0v) is 19.7. The Kier molecular flexibility index (Phi) is 6.42. The summed E-state index contributed by atoms with van der Waals surface area (Å²) in [4.78, 5) is 26.2. The van der Waals surface area contributed by atoms with Gasteiger partial charge in [-0.25, -0.2) is 4.68 Å². The van der Waals surface area contributed by atoms with Crippen molar-refractivity contribution in [1.82, 2.24) is 14.5 Å². The van der Waals surface area contributed by atoms with Gasteiger partial charge in [-0.05, 0) is 39.0 Å². The highest BCUT2D eigenvalue weighted by Crippen LogP contribution is 2.32. The maximum atomic E-state index is 13.2. The van der Waals surface area contributed by atoms with Crippen LogP contribution in [0.1, 0.15) is 92.0 Å². The second kappa shape index (κ2) is 9.10. The highest BCUT2D eigenvalue weighted by atomic mass is 16.5. The lowest BCUT2D eigenvalue weighted by molar-refractivity contribution is -0.0317. The van der Waals surface area contributed by atoms with Crippen LogP contribution in [0.5, 0.6) is 0 Å². The normalized spacial score (nSPS) is 21.9. The SMILES string of the molecule is Cc1c(C(=O)Nc2c(C)n(C)n(C3CCCCC3)c2=O)noc1[C@H]1C=CCC(C(C)C)O1. The molecular formula is C24H34N4O4. The van der Waals surface area contributed by atoms with Gasteiger partial charge in [-0.2, -0.15) is 0 Å². The predicted octanol–water partition coefficient (Wildman–Crippen LogP) is 4.59. The summed E-state index contributed by atoms with van der Waals surface area (Å²) >= 11 is 0. The van der Waals surface area contributed by atoms with Crippen LogP contribution in [0.2, 0.25) is 0 Å². The molecule has 1 fully saturated rings. The minimum Gasteiger partial charge on any atom is -0.362 e. The number of anilines is 1. The zero-order valence-electron chi connectivity index (χ0n) is 19.7. The molecule has 4 rings (SSSR count). The number of nitrogens with zero attached hydrogens (tertiary/aromatic N) is 3. The van der Waals surface area contributed by atoms with E-state index in [-0.39, 0.29) is 29.5 Å². The van der Waals surface area contributed by atoms with Gasteiger partial charge in [-0.15, -0.1) is 0 Å². The predicted molar refractivity (Wildman–Crippen MR) is 122 cm³/mol. The number of amides is 1. The molecular weight excluding hydrogens is 408 g/mol. The molecule has 1 aliphatic carbocycles. The van der Waals surface area contributed by atoms with Gasteiger partial charge in [-0.3, -0.25) is 14.3 Å². The molecule has 32 heavy (non-hydrogen) atoms. The van der Waals surface area contributed by atoms with Crippen molar-refractivity contribution in [1.29, 1.82) is 0 Å². The van der Waals surface area contributed by atoms with Crippen LogP contribution in [0.3, 0.4) is 0 Å². The Labute approximate surface area is 188 Å². The third-order valence-electron chi connectivity index (χ3n) is 6.93. The Morgan fingerprint density at radius 2 is 1.94 bits per heavy atom. The topological polar surface area (TPSA) is 91.3 Å². The van der Waals surface area contributed by atoms with Gasteiger partial charge in [0.1, 0.15) is 11.8 Å². The fraction of sp³-hybridized carbons (Fsp3) is 0.625.